The zero-order valence-electron chi connectivity index (χ0n) is 16.8. The Bertz CT molecular complexity index is 645. The molecule has 0 aromatic heterocycles. The summed E-state index contributed by atoms with van der Waals surface area (Å²) in [7, 11) is 0. The number of hydrogen-bond acceptors (Lipinski definition) is 6. The minimum absolute atomic E-state index is 0.239. The number of unbranched alkanes of at least 4 members (excludes halogenated alkanes) is 1. The summed E-state index contributed by atoms with van der Waals surface area (Å²) >= 11 is 1.50. The van der Waals surface area contributed by atoms with Crippen molar-refractivity contribution < 1.29 is 19.5 Å². The van der Waals surface area contributed by atoms with Crippen molar-refractivity contribution in [1.29, 1.82) is 0 Å². The molecule has 0 aliphatic rings. The number of rotatable bonds is 14. The van der Waals surface area contributed by atoms with Gasteiger partial charge in [0.05, 0.1) is 6.04 Å². The quantitative estimate of drug-likeness (QED) is 0.273. The summed E-state index contributed by atoms with van der Waals surface area (Å²) in [5.41, 5.74) is 12.2. The lowest BCUT2D eigenvalue weighted by atomic mass is 10.0. The van der Waals surface area contributed by atoms with Gasteiger partial charge in [-0.05, 0) is 43.4 Å². The molecule has 0 unspecified atom stereocenters. The molecule has 0 fully saturated rings. The van der Waals surface area contributed by atoms with Crippen molar-refractivity contribution >= 4 is 29.5 Å². The number of nitrogens with one attached hydrogen (secondary N) is 2. The molecule has 3 atom stereocenters. The number of amides is 2. The number of carbonyl (C=O) groups excluding carboxylic acids is 2. The molecule has 1 aromatic carbocycles. The molecular formula is C20H32N4O4S. The topological polar surface area (TPSA) is 148 Å². The van der Waals surface area contributed by atoms with E-state index in [0.717, 1.165) is 18.4 Å². The Balaban J connectivity index is 2.84. The number of carboxylic acids is 1. The van der Waals surface area contributed by atoms with Crippen molar-refractivity contribution in [2.45, 2.75) is 50.2 Å². The first-order valence-corrected chi connectivity index (χ1v) is 11.1. The van der Waals surface area contributed by atoms with Gasteiger partial charge in [-0.25, -0.2) is 4.79 Å². The van der Waals surface area contributed by atoms with Crippen LogP contribution in [0.5, 0.6) is 0 Å². The highest BCUT2D eigenvalue weighted by atomic mass is 32.2. The van der Waals surface area contributed by atoms with Gasteiger partial charge in [-0.15, -0.1) is 0 Å². The van der Waals surface area contributed by atoms with E-state index in [1.165, 1.54) is 11.8 Å². The van der Waals surface area contributed by atoms with Gasteiger partial charge in [-0.1, -0.05) is 36.8 Å². The van der Waals surface area contributed by atoms with Crippen LogP contribution in [-0.4, -0.2) is 59.6 Å². The van der Waals surface area contributed by atoms with Gasteiger partial charge in [-0.3, -0.25) is 9.59 Å². The Morgan fingerprint density at radius 3 is 2.28 bits per heavy atom. The maximum atomic E-state index is 12.8. The van der Waals surface area contributed by atoms with Gasteiger partial charge in [0.2, 0.25) is 11.8 Å². The van der Waals surface area contributed by atoms with Crippen molar-refractivity contribution in [2.24, 2.45) is 11.5 Å². The molecule has 29 heavy (non-hydrogen) atoms. The van der Waals surface area contributed by atoms with Gasteiger partial charge in [0.25, 0.3) is 0 Å². The van der Waals surface area contributed by atoms with Crippen molar-refractivity contribution in [3.8, 4) is 0 Å². The van der Waals surface area contributed by atoms with E-state index >= 15 is 0 Å². The van der Waals surface area contributed by atoms with E-state index in [1.54, 1.807) is 0 Å². The SMILES string of the molecule is CSCC[C@H](NC(=O)[C@H](Cc1ccccc1)NC(=O)[C@@H](N)CCCCN)C(=O)O. The summed E-state index contributed by atoms with van der Waals surface area (Å²) in [6, 6.07) is 6.54. The Kier molecular flexibility index (Phi) is 12.0. The van der Waals surface area contributed by atoms with Crippen LogP contribution in [0.3, 0.4) is 0 Å². The second kappa shape index (κ2) is 14.0. The zero-order chi connectivity index (χ0) is 21.6. The molecule has 2 amide bonds. The van der Waals surface area contributed by atoms with Gasteiger partial charge < -0.3 is 27.2 Å². The zero-order valence-corrected chi connectivity index (χ0v) is 17.6. The van der Waals surface area contributed by atoms with E-state index in [0.29, 0.717) is 25.1 Å². The standard InChI is InChI=1S/C20H32N4O4S/c1-29-12-10-16(20(27)28)23-19(26)17(13-14-7-3-2-4-8-14)24-18(25)15(22)9-5-6-11-21/h2-4,7-8,15-17H,5-6,9-13,21-22H2,1H3,(H,23,26)(H,24,25)(H,27,28)/t15-,16-,17-/m0/s1. The molecule has 8 nitrogen and oxygen atoms in total. The van der Waals surface area contributed by atoms with Crippen LogP contribution in [0.1, 0.15) is 31.2 Å². The lowest BCUT2D eigenvalue weighted by Crippen LogP contribution is -2.55. The molecule has 0 saturated heterocycles. The van der Waals surface area contributed by atoms with Crippen LogP contribution in [0.4, 0.5) is 0 Å². The minimum Gasteiger partial charge on any atom is -0.480 e. The lowest BCUT2D eigenvalue weighted by Gasteiger charge is -2.23. The molecule has 0 aliphatic carbocycles. The average molecular weight is 425 g/mol. The lowest BCUT2D eigenvalue weighted by molar-refractivity contribution is -0.142. The van der Waals surface area contributed by atoms with Crippen LogP contribution in [0.2, 0.25) is 0 Å². The van der Waals surface area contributed by atoms with E-state index in [2.05, 4.69) is 10.6 Å². The summed E-state index contributed by atoms with van der Waals surface area (Å²) in [6.45, 7) is 0.528. The number of hydrogen-bond donors (Lipinski definition) is 5. The highest BCUT2D eigenvalue weighted by Crippen LogP contribution is 2.07. The van der Waals surface area contributed by atoms with Crippen molar-refractivity contribution in [3.05, 3.63) is 35.9 Å². The predicted molar refractivity (Wildman–Crippen MR) is 116 cm³/mol. The highest BCUT2D eigenvalue weighted by Gasteiger charge is 2.27. The van der Waals surface area contributed by atoms with E-state index in [9.17, 15) is 19.5 Å². The molecule has 0 bridgehead atoms. The van der Waals surface area contributed by atoms with Crippen molar-refractivity contribution in [3.63, 3.8) is 0 Å². The second-order valence-electron chi connectivity index (χ2n) is 6.82. The molecule has 0 aliphatic heterocycles. The number of thioether (sulfide) groups is 1. The van der Waals surface area contributed by atoms with Crippen LogP contribution in [0.25, 0.3) is 0 Å². The van der Waals surface area contributed by atoms with E-state index in [-0.39, 0.29) is 6.42 Å². The Labute approximate surface area is 176 Å². The summed E-state index contributed by atoms with van der Waals surface area (Å²) < 4.78 is 0. The molecule has 1 rings (SSSR count). The molecular weight excluding hydrogens is 392 g/mol. The summed E-state index contributed by atoms with van der Waals surface area (Å²) in [5.74, 6) is -1.48. The maximum absolute atomic E-state index is 12.8. The maximum Gasteiger partial charge on any atom is 0.326 e. The number of nitrogens with two attached hydrogens (primary N) is 2. The summed E-state index contributed by atoms with van der Waals surface area (Å²) in [6.07, 6.45) is 4.36. The van der Waals surface area contributed by atoms with Crippen molar-refractivity contribution in [2.75, 3.05) is 18.6 Å². The number of benzene rings is 1. The largest absolute Gasteiger partial charge is 0.480 e. The van der Waals surface area contributed by atoms with Gasteiger partial charge in [0.1, 0.15) is 12.1 Å². The monoisotopic (exact) mass is 424 g/mol. The summed E-state index contributed by atoms with van der Waals surface area (Å²) in [4.78, 5) is 36.7. The molecule has 162 valence electrons. The third kappa shape index (κ3) is 9.78. The average Bonchev–Trinajstić information content (AvgIpc) is 2.70. The highest BCUT2D eigenvalue weighted by molar-refractivity contribution is 7.98. The smallest absolute Gasteiger partial charge is 0.326 e. The minimum atomic E-state index is -1.10. The van der Waals surface area contributed by atoms with E-state index in [4.69, 9.17) is 11.5 Å². The van der Waals surface area contributed by atoms with Gasteiger partial charge in [-0.2, -0.15) is 11.8 Å². The first-order chi connectivity index (χ1) is 13.9. The summed E-state index contributed by atoms with van der Waals surface area (Å²) in [5, 5.41) is 14.6. The van der Waals surface area contributed by atoms with E-state index < -0.39 is 35.9 Å². The first-order valence-electron chi connectivity index (χ1n) is 9.71. The van der Waals surface area contributed by atoms with Crippen molar-refractivity contribution in [1.82, 2.24) is 10.6 Å². The molecule has 0 heterocycles. The van der Waals surface area contributed by atoms with Gasteiger partial charge >= 0.3 is 5.97 Å². The Morgan fingerprint density at radius 1 is 1.03 bits per heavy atom. The fraction of sp³-hybridized carbons (Fsp3) is 0.550. The molecule has 9 heteroatoms. The fourth-order valence-electron chi connectivity index (χ4n) is 2.74. The Hall–Kier alpha value is -2.10. The van der Waals surface area contributed by atoms with Crippen LogP contribution in [0, 0.1) is 0 Å². The molecule has 0 saturated carbocycles. The first kappa shape index (κ1) is 24.9. The molecule has 1 aromatic rings. The van der Waals surface area contributed by atoms with Crippen LogP contribution < -0.4 is 22.1 Å². The van der Waals surface area contributed by atoms with Crippen LogP contribution in [0.15, 0.2) is 30.3 Å². The molecule has 0 spiro atoms. The van der Waals surface area contributed by atoms with Gasteiger partial charge in [0.15, 0.2) is 0 Å². The normalized spacial score (nSPS) is 13.9. The van der Waals surface area contributed by atoms with E-state index in [1.807, 2.05) is 36.6 Å². The predicted octanol–water partition coefficient (Wildman–Crippen LogP) is 0.493. The number of carbonyl (C=O) groups is 3. The van der Waals surface area contributed by atoms with Crippen LogP contribution >= 0.6 is 11.8 Å². The number of carboxylic acid groups (broad SMARTS) is 1. The molecule has 7 N–H and O–H groups in total. The molecule has 0 radical (unpaired) electrons. The fourth-order valence-corrected chi connectivity index (χ4v) is 3.21. The number of aliphatic carboxylic acids is 1. The Morgan fingerprint density at radius 2 is 1.69 bits per heavy atom. The van der Waals surface area contributed by atoms with Gasteiger partial charge in [0, 0.05) is 6.42 Å². The second-order valence-corrected chi connectivity index (χ2v) is 7.81. The third-order valence-corrected chi connectivity index (χ3v) is 5.09. The third-order valence-electron chi connectivity index (χ3n) is 4.45. The van der Waals surface area contributed by atoms with Crippen LogP contribution in [-0.2, 0) is 20.8 Å².